The van der Waals surface area contributed by atoms with Crippen LogP contribution in [0.5, 0.6) is 11.5 Å². The first-order valence-corrected chi connectivity index (χ1v) is 9.43. The minimum absolute atomic E-state index is 0.0781. The number of aromatic hydroxyl groups is 2. The lowest BCUT2D eigenvalue weighted by Gasteiger charge is -2.24. The largest absolute Gasteiger partial charge is 0.508 e. The Balaban J connectivity index is 1.71. The van der Waals surface area contributed by atoms with Crippen molar-refractivity contribution in [2.45, 2.75) is 6.54 Å². The Morgan fingerprint density at radius 2 is 1.81 bits per heavy atom. The fourth-order valence-electron chi connectivity index (χ4n) is 3.15. The van der Waals surface area contributed by atoms with Crippen LogP contribution in [-0.4, -0.2) is 31.1 Å². The topological polar surface area (TPSA) is 125 Å². The lowest BCUT2D eigenvalue weighted by atomic mass is 10.1. The number of carbonyl (C=O) groups is 1. The van der Waals surface area contributed by atoms with E-state index in [2.05, 4.69) is 15.0 Å². The van der Waals surface area contributed by atoms with Crippen LogP contribution < -0.4 is 10.6 Å². The molecule has 0 fully saturated rings. The van der Waals surface area contributed by atoms with Crippen LogP contribution in [0.1, 0.15) is 15.9 Å². The van der Waals surface area contributed by atoms with Crippen molar-refractivity contribution in [3.8, 4) is 22.8 Å². The number of nitrogens with two attached hydrogens (primary N) is 1. The van der Waals surface area contributed by atoms with Crippen molar-refractivity contribution >= 4 is 17.5 Å². The molecule has 0 saturated carbocycles. The maximum Gasteiger partial charge on any atom is 0.262 e. The molecule has 0 radical (unpaired) electrons. The fourth-order valence-corrected chi connectivity index (χ4v) is 3.15. The summed E-state index contributed by atoms with van der Waals surface area (Å²) < 4.78 is 0. The SMILES string of the molecule is Nc1nccc(-c2ccc(N(Cc3cccnc3)C(=O)c3ccc(O)cc3O)cc2)n1. The molecule has 4 N–H and O–H groups in total. The highest BCUT2D eigenvalue weighted by Gasteiger charge is 2.21. The van der Waals surface area contributed by atoms with Crippen molar-refractivity contribution in [3.63, 3.8) is 0 Å². The summed E-state index contributed by atoms with van der Waals surface area (Å²) in [6.07, 6.45) is 4.91. The van der Waals surface area contributed by atoms with Crippen molar-refractivity contribution in [2.24, 2.45) is 0 Å². The first kappa shape index (κ1) is 19.8. The standard InChI is InChI=1S/C23H19N5O3/c24-23-26-11-9-20(27-23)16-3-5-17(6-4-16)28(14-15-2-1-10-25-13-15)22(31)19-8-7-18(29)12-21(19)30/h1-13,29-30H,14H2,(H2,24,26,27). The van der Waals surface area contributed by atoms with Gasteiger partial charge >= 0.3 is 0 Å². The molecule has 4 rings (SSSR count). The van der Waals surface area contributed by atoms with E-state index >= 15 is 0 Å². The summed E-state index contributed by atoms with van der Waals surface area (Å²) in [4.78, 5) is 27.1. The van der Waals surface area contributed by atoms with Crippen LogP contribution in [0.3, 0.4) is 0 Å². The summed E-state index contributed by atoms with van der Waals surface area (Å²) in [7, 11) is 0. The van der Waals surface area contributed by atoms with E-state index in [-0.39, 0.29) is 29.6 Å². The van der Waals surface area contributed by atoms with Gasteiger partial charge < -0.3 is 20.8 Å². The van der Waals surface area contributed by atoms with E-state index in [1.165, 1.54) is 17.0 Å². The van der Waals surface area contributed by atoms with Gasteiger partial charge in [0, 0.05) is 35.9 Å². The normalized spacial score (nSPS) is 10.6. The molecule has 2 heterocycles. The minimum Gasteiger partial charge on any atom is -0.508 e. The van der Waals surface area contributed by atoms with E-state index < -0.39 is 5.91 Å². The fraction of sp³-hybridized carbons (Fsp3) is 0.0435. The van der Waals surface area contributed by atoms with Crippen LogP contribution in [0.15, 0.2) is 79.3 Å². The van der Waals surface area contributed by atoms with Crippen LogP contribution in [-0.2, 0) is 6.54 Å². The van der Waals surface area contributed by atoms with Crippen molar-refractivity contribution < 1.29 is 15.0 Å². The number of amides is 1. The summed E-state index contributed by atoms with van der Waals surface area (Å²) in [5.41, 5.74) is 8.67. The van der Waals surface area contributed by atoms with Gasteiger partial charge in [-0.25, -0.2) is 9.97 Å². The van der Waals surface area contributed by atoms with Gasteiger partial charge in [-0.15, -0.1) is 0 Å². The van der Waals surface area contributed by atoms with Crippen molar-refractivity contribution in [1.29, 1.82) is 0 Å². The summed E-state index contributed by atoms with van der Waals surface area (Å²) >= 11 is 0. The summed E-state index contributed by atoms with van der Waals surface area (Å²) in [6.45, 7) is 0.243. The van der Waals surface area contributed by atoms with Gasteiger partial charge in [0.1, 0.15) is 11.5 Å². The number of pyridine rings is 1. The number of hydrogen-bond acceptors (Lipinski definition) is 7. The lowest BCUT2D eigenvalue weighted by Crippen LogP contribution is -2.30. The smallest absolute Gasteiger partial charge is 0.262 e. The quantitative estimate of drug-likeness (QED) is 0.458. The second-order valence-corrected chi connectivity index (χ2v) is 6.80. The summed E-state index contributed by atoms with van der Waals surface area (Å²) in [5, 5.41) is 19.8. The molecule has 31 heavy (non-hydrogen) atoms. The Morgan fingerprint density at radius 3 is 2.48 bits per heavy atom. The average Bonchev–Trinajstić information content (AvgIpc) is 2.78. The molecular formula is C23H19N5O3. The molecule has 0 atom stereocenters. The number of hydrogen-bond donors (Lipinski definition) is 3. The molecule has 2 aromatic carbocycles. The third kappa shape index (κ3) is 4.43. The monoisotopic (exact) mass is 413 g/mol. The molecular weight excluding hydrogens is 394 g/mol. The predicted octanol–water partition coefficient (Wildman–Crippen LogP) is 3.38. The number of carbonyl (C=O) groups excluding carboxylic acids is 1. The van der Waals surface area contributed by atoms with Crippen LogP contribution in [0, 0.1) is 0 Å². The van der Waals surface area contributed by atoms with Gasteiger partial charge in [0.05, 0.1) is 17.8 Å². The number of aromatic nitrogens is 3. The average molecular weight is 413 g/mol. The molecule has 8 heteroatoms. The number of rotatable bonds is 5. The molecule has 0 unspecified atom stereocenters. The molecule has 154 valence electrons. The van der Waals surface area contributed by atoms with E-state index in [1.807, 2.05) is 18.2 Å². The van der Waals surface area contributed by atoms with Gasteiger partial charge in [-0.2, -0.15) is 0 Å². The highest BCUT2D eigenvalue weighted by Crippen LogP contribution is 2.28. The molecule has 0 aliphatic rings. The number of benzene rings is 2. The number of phenols is 2. The van der Waals surface area contributed by atoms with Gasteiger partial charge in [0.15, 0.2) is 0 Å². The van der Waals surface area contributed by atoms with Gasteiger partial charge in [-0.05, 0) is 42.0 Å². The van der Waals surface area contributed by atoms with E-state index in [0.717, 1.165) is 17.2 Å². The zero-order valence-electron chi connectivity index (χ0n) is 16.4. The summed E-state index contributed by atoms with van der Waals surface area (Å²) in [5.74, 6) is -0.659. The highest BCUT2D eigenvalue weighted by atomic mass is 16.3. The summed E-state index contributed by atoms with van der Waals surface area (Å²) in [6, 6.07) is 16.5. The molecule has 1 amide bonds. The molecule has 4 aromatic rings. The molecule has 8 nitrogen and oxygen atoms in total. The number of nitrogens with zero attached hydrogens (tertiary/aromatic N) is 4. The molecule has 0 aliphatic heterocycles. The molecule has 0 saturated heterocycles. The minimum atomic E-state index is -0.416. The van der Waals surface area contributed by atoms with E-state index in [4.69, 9.17) is 5.73 Å². The van der Waals surface area contributed by atoms with Crippen molar-refractivity contribution in [1.82, 2.24) is 15.0 Å². The van der Waals surface area contributed by atoms with Gasteiger partial charge in [0.25, 0.3) is 5.91 Å². The van der Waals surface area contributed by atoms with E-state index in [9.17, 15) is 15.0 Å². The maximum atomic E-state index is 13.3. The zero-order chi connectivity index (χ0) is 21.8. The predicted molar refractivity (Wildman–Crippen MR) is 116 cm³/mol. The Morgan fingerprint density at radius 1 is 1.00 bits per heavy atom. The van der Waals surface area contributed by atoms with Gasteiger partial charge in [0.2, 0.25) is 5.95 Å². The van der Waals surface area contributed by atoms with Crippen LogP contribution in [0.25, 0.3) is 11.3 Å². The van der Waals surface area contributed by atoms with Crippen LogP contribution in [0.4, 0.5) is 11.6 Å². The Kier molecular flexibility index (Phi) is 5.44. The van der Waals surface area contributed by atoms with Gasteiger partial charge in [-0.3, -0.25) is 9.78 Å². The van der Waals surface area contributed by atoms with Crippen molar-refractivity contribution in [3.05, 3.63) is 90.4 Å². The zero-order valence-corrected chi connectivity index (χ0v) is 16.4. The maximum absolute atomic E-state index is 13.3. The van der Waals surface area contributed by atoms with Gasteiger partial charge in [-0.1, -0.05) is 18.2 Å². The highest BCUT2D eigenvalue weighted by molar-refractivity contribution is 6.08. The molecule has 2 aromatic heterocycles. The van der Waals surface area contributed by atoms with E-state index in [1.54, 1.807) is 42.9 Å². The van der Waals surface area contributed by atoms with E-state index in [0.29, 0.717) is 11.4 Å². The number of anilines is 2. The molecule has 0 bridgehead atoms. The first-order valence-electron chi connectivity index (χ1n) is 9.43. The molecule has 0 aliphatic carbocycles. The Labute approximate surface area is 178 Å². The first-order chi connectivity index (χ1) is 15.0. The number of phenolic OH excluding ortho intramolecular Hbond substituents is 2. The number of nitrogen functional groups attached to an aromatic ring is 1. The third-order valence-electron chi connectivity index (χ3n) is 4.67. The van der Waals surface area contributed by atoms with Crippen molar-refractivity contribution in [2.75, 3.05) is 10.6 Å². The molecule has 0 spiro atoms. The third-order valence-corrected chi connectivity index (χ3v) is 4.67. The lowest BCUT2D eigenvalue weighted by molar-refractivity contribution is 0.0982. The Hall–Kier alpha value is -4.46. The van der Waals surface area contributed by atoms with Crippen LogP contribution in [0.2, 0.25) is 0 Å². The van der Waals surface area contributed by atoms with Crippen LogP contribution >= 0.6 is 0 Å². The Bertz CT molecular complexity index is 1210. The second-order valence-electron chi connectivity index (χ2n) is 6.80. The second kappa shape index (κ2) is 8.50.